The molecule has 0 aliphatic heterocycles. The molecule has 0 aromatic carbocycles. The van der Waals surface area contributed by atoms with Crippen LogP contribution in [0.15, 0.2) is 35.3 Å². The van der Waals surface area contributed by atoms with Gasteiger partial charge in [0.1, 0.15) is 5.82 Å². The number of aromatic nitrogens is 3. The fourth-order valence-corrected chi connectivity index (χ4v) is 1.31. The van der Waals surface area contributed by atoms with Crippen molar-refractivity contribution in [2.24, 2.45) is 0 Å². The summed E-state index contributed by atoms with van der Waals surface area (Å²) >= 11 is 5.74. The van der Waals surface area contributed by atoms with Crippen LogP contribution in [0.2, 0.25) is 5.02 Å². The molecule has 2 heterocycles. The Morgan fingerprint density at radius 1 is 1.22 bits per heavy atom. The molecule has 0 saturated heterocycles. The number of amides is 2. The smallest absolute Gasteiger partial charge is 0.292 e. The van der Waals surface area contributed by atoms with Crippen molar-refractivity contribution in [2.45, 2.75) is 0 Å². The van der Waals surface area contributed by atoms with Crippen molar-refractivity contribution in [3.63, 3.8) is 0 Å². The van der Waals surface area contributed by atoms with Crippen LogP contribution in [0.5, 0.6) is 0 Å². The van der Waals surface area contributed by atoms with E-state index in [-0.39, 0.29) is 11.4 Å². The minimum Gasteiger partial charge on any atom is -0.292 e. The number of nitrogens with one attached hydrogen (secondary N) is 3. The molecule has 0 saturated carbocycles. The number of aromatic amines is 1. The number of pyridine rings is 1. The lowest BCUT2D eigenvalue weighted by Gasteiger charge is -2.05. The Bertz CT molecular complexity index is 607. The SMILES string of the molecule is O=C(Nc1cc(Cl)ccn1)Nc1ccc(=O)[nH]n1. The second-order valence-corrected chi connectivity index (χ2v) is 3.68. The Balaban J connectivity index is 2.01. The molecule has 0 bridgehead atoms. The van der Waals surface area contributed by atoms with Crippen LogP contribution < -0.4 is 16.2 Å². The van der Waals surface area contributed by atoms with Gasteiger partial charge < -0.3 is 0 Å². The number of halogens is 1. The molecule has 2 aromatic rings. The minimum absolute atomic E-state index is 0.217. The van der Waals surface area contributed by atoms with Gasteiger partial charge in [-0.2, -0.15) is 5.10 Å². The Labute approximate surface area is 106 Å². The molecule has 92 valence electrons. The van der Waals surface area contributed by atoms with Crippen molar-refractivity contribution < 1.29 is 4.79 Å². The zero-order valence-electron chi connectivity index (χ0n) is 8.98. The normalized spacial score (nSPS) is 9.83. The first-order valence-corrected chi connectivity index (χ1v) is 5.26. The van der Waals surface area contributed by atoms with Crippen LogP contribution in [0.4, 0.5) is 16.4 Å². The summed E-state index contributed by atoms with van der Waals surface area (Å²) in [5, 5.41) is 11.2. The molecule has 2 rings (SSSR count). The highest BCUT2D eigenvalue weighted by molar-refractivity contribution is 6.30. The molecule has 2 amide bonds. The third-order valence-corrected chi connectivity index (χ3v) is 2.12. The van der Waals surface area contributed by atoms with Gasteiger partial charge >= 0.3 is 6.03 Å². The third kappa shape index (κ3) is 3.29. The van der Waals surface area contributed by atoms with Gasteiger partial charge in [0.2, 0.25) is 0 Å². The fourth-order valence-electron chi connectivity index (χ4n) is 1.15. The van der Waals surface area contributed by atoms with Crippen molar-refractivity contribution in [3.8, 4) is 0 Å². The van der Waals surface area contributed by atoms with Crippen molar-refractivity contribution in [1.82, 2.24) is 15.2 Å². The molecule has 2 aromatic heterocycles. The van der Waals surface area contributed by atoms with Crippen LogP contribution in [0.25, 0.3) is 0 Å². The number of nitrogens with zero attached hydrogens (tertiary/aromatic N) is 2. The average Bonchev–Trinajstić information content (AvgIpc) is 2.32. The van der Waals surface area contributed by atoms with Gasteiger partial charge in [-0.3, -0.25) is 15.4 Å². The van der Waals surface area contributed by atoms with E-state index in [4.69, 9.17) is 11.6 Å². The highest BCUT2D eigenvalue weighted by Crippen LogP contribution is 2.11. The number of H-pyrrole nitrogens is 1. The highest BCUT2D eigenvalue weighted by atomic mass is 35.5. The number of urea groups is 1. The first kappa shape index (κ1) is 12.1. The molecule has 18 heavy (non-hydrogen) atoms. The molecule has 8 heteroatoms. The van der Waals surface area contributed by atoms with Gasteiger partial charge in [-0.1, -0.05) is 11.6 Å². The van der Waals surface area contributed by atoms with Gasteiger partial charge in [0, 0.05) is 17.3 Å². The molecular formula is C10H8ClN5O2. The quantitative estimate of drug-likeness (QED) is 0.765. The Kier molecular flexibility index (Phi) is 3.54. The fraction of sp³-hybridized carbons (Fsp3) is 0. The molecular weight excluding hydrogens is 258 g/mol. The molecule has 7 nitrogen and oxygen atoms in total. The summed E-state index contributed by atoms with van der Waals surface area (Å²) in [7, 11) is 0. The zero-order chi connectivity index (χ0) is 13.0. The summed E-state index contributed by atoms with van der Waals surface area (Å²) in [6.45, 7) is 0. The Hall–Kier alpha value is -2.41. The van der Waals surface area contributed by atoms with Crippen molar-refractivity contribution in [1.29, 1.82) is 0 Å². The first-order valence-electron chi connectivity index (χ1n) is 4.89. The van der Waals surface area contributed by atoms with E-state index in [9.17, 15) is 9.59 Å². The van der Waals surface area contributed by atoms with Crippen LogP contribution in [0.1, 0.15) is 0 Å². The average molecular weight is 266 g/mol. The number of anilines is 2. The van der Waals surface area contributed by atoms with Crippen LogP contribution >= 0.6 is 11.6 Å². The predicted octanol–water partition coefficient (Wildman–Crippen LogP) is 1.46. The summed E-state index contributed by atoms with van der Waals surface area (Å²) < 4.78 is 0. The van der Waals surface area contributed by atoms with Crippen LogP contribution in [0.3, 0.4) is 0 Å². The second kappa shape index (κ2) is 5.28. The Morgan fingerprint density at radius 2 is 2.00 bits per heavy atom. The standard InChI is InChI=1S/C10H8ClN5O2/c11-6-3-4-12-8(5-6)14-10(18)13-7-1-2-9(17)16-15-7/h1-5H,(H,16,17)(H2,12,13,14,15,18). The van der Waals surface area contributed by atoms with Crippen LogP contribution in [-0.4, -0.2) is 21.2 Å². The van der Waals surface area contributed by atoms with E-state index in [0.717, 1.165) is 0 Å². The Morgan fingerprint density at radius 3 is 2.67 bits per heavy atom. The first-order chi connectivity index (χ1) is 8.63. The molecule has 0 aliphatic carbocycles. The topological polar surface area (TPSA) is 99.8 Å². The number of rotatable bonds is 2. The van der Waals surface area contributed by atoms with Crippen molar-refractivity contribution in [2.75, 3.05) is 10.6 Å². The summed E-state index contributed by atoms with van der Waals surface area (Å²) in [6, 6.07) is 5.18. The zero-order valence-corrected chi connectivity index (χ0v) is 9.73. The molecule has 0 fully saturated rings. The van der Waals surface area contributed by atoms with E-state index >= 15 is 0 Å². The van der Waals surface area contributed by atoms with Gasteiger partial charge in [-0.25, -0.2) is 14.9 Å². The molecule has 0 aliphatic rings. The number of carbonyl (C=O) groups excluding carboxylic acids is 1. The van der Waals surface area contributed by atoms with E-state index in [1.807, 2.05) is 0 Å². The molecule has 0 atom stereocenters. The lowest BCUT2D eigenvalue weighted by molar-refractivity contribution is 0.262. The maximum absolute atomic E-state index is 11.5. The van der Waals surface area contributed by atoms with E-state index in [1.165, 1.54) is 24.4 Å². The van der Waals surface area contributed by atoms with E-state index in [1.54, 1.807) is 6.07 Å². The van der Waals surface area contributed by atoms with Crippen LogP contribution in [0, 0.1) is 0 Å². The maximum Gasteiger partial charge on any atom is 0.326 e. The van der Waals surface area contributed by atoms with Gasteiger partial charge in [0.05, 0.1) is 0 Å². The second-order valence-electron chi connectivity index (χ2n) is 3.24. The van der Waals surface area contributed by atoms with Gasteiger partial charge in [0.15, 0.2) is 5.82 Å². The highest BCUT2D eigenvalue weighted by Gasteiger charge is 2.04. The van der Waals surface area contributed by atoms with E-state index in [0.29, 0.717) is 10.8 Å². The molecule has 3 N–H and O–H groups in total. The third-order valence-electron chi connectivity index (χ3n) is 1.88. The monoisotopic (exact) mass is 265 g/mol. The molecule has 0 unspecified atom stereocenters. The van der Waals surface area contributed by atoms with E-state index < -0.39 is 6.03 Å². The van der Waals surface area contributed by atoms with Gasteiger partial charge in [0.25, 0.3) is 5.56 Å². The summed E-state index contributed by atoms with van der Waals surface area (Å²) in [5.41, 5.74) is -0.350. The summed E-state index contributed by atoms with van der Waals surface area (Å²) in [6.07, 6.45) is 1.47. The molecule has 0 radical (unpaired) electrons. The lowest BCUT2D eigenvalue weighted by Crippen LogP contribution is -2.21. The molecule has 0 spiro atoms. The summed E-state index contributed by atoms with van der Waals surface area (Å²) in [5.74, 6) is 0.526. The van der Waals surface area contributed by atoms with Crippen molar-refractivity contribution >= 4 is 29.3 Å². The largest absolute Gasteiger partial charge is 0.326 e. The number of carbonyl (C=O) groups is 1. The number of hydrogen-bond donors (Lipinski definition) is 3. The van der Waals surface area contributed by atoms with E-state index in [2.05, 4.69) is 25.8 Å². The minimum atomic E-state index is -0.538. The van der Waals surface area contributed by atoms with Crippen LogP contribution in [-0.2, 0) is 0 Å². The van der Waals surface area contributed by atoms with Gasteiger partial charge in [-0.05, 0) is 18.2 Å². The van der Waals surface area contributed by atoms with Gasteiger partial charge in [-0.15, -0.1) is 0 Å². The number of hydrogen-bond acceptors (Lipinski definition) is 4. The lowest BCUT2D eigenvalue weighted by atomic mass is 10.4. The van der Waals surface area contributed by atoms with Crippen molar-refractivity contribution in [3.05, 3.63) is 45.8 Å². The predicted molar refractivity (Wildman–Crippen MR) is 66.7 cm³/mol. The summed E-state index contributed by atoms with van der Waals surface area (Å²) in [4.78, 5) is 26.2. The maximum atomic E-state index is 11.5.